The number of aryl methyl sites for hydroxylation is 1. The fraction of sp³-hybridized carbons (Fsp3) is 0.386. The highest BCUT2D eigenvalue weighted by Crippen LogP contribution is 2.52. The maximum atomic E-state index is 9.70. The molecule has 0 bridgehead atoms. The average Bonchev–Trinajstić information content (AvgIpc) is 3.98. The maximum absolute atomic E-state index is 9.70. The van der Waals surface area contributed by atoms with E-state index in [0.29, 0.717) is 23.7 Å². The molecule has 3 aromatic heterocycles. The predicted octanol–water partition coefficient (Wildman–Crippen LogP) is 12.1. The summed E-state index contributed by atoms with van der Waals surface area (Å²) in [5, 5.41) is 9.70. The van der Waals surface area contributed by atoms with E-state index in [0.717, 1.165) is 50.7 Å². The second kappa shape index (κ2) is 24.4. The van der Waals surface area contributed by atoms with Gasteiger partial charge in [-0.15, -0.1) is 0 Å². The lowest BCUT2D eigenvalue weighted by molar-refractivity contribution is -0.0963. The van der Waals surface area contributed by atoms with Gasteiger partial charge >= 0.3 is 0 Å². The predicted molar refractivity (Wildman–Crippen MR) is 288 cm³/mol. The summed E-state index contributed by atoms with van der Waals surface area (Å²) >= 11 is 0. The first-order valence-electron chi connectivity index (χ1n) is 25.0. The van der Waals surface area contributed by atoms with Crippen LogP contribution in [0.2, 0.25) is 25.7 Å². The lowest BCUT2D eigenvalue weighted by Crippen LogP contribution is -2.43. The van der Waals surface area contributed by atoms with Crippen LogP contribution in [-0.4, -0.2) is 94.6 Å². The van der Waals surface area contributed by atoms with Gasteiger partial charge < -0.3 is 32.7 Å². The van der Waals surface area contributed by atoms with Crippen LogP contribution in [0.5, 0.6) is 11.6 Å². The number of imidazole rings is 1. The molecule has 73 heavy (non-hydrogen) atoms. The van der Waals surface area contributed by atoms with E-state index in [1.807, 2.05) is 47.0 Å². The van der Waals surface area contributed by atoms with E-state index in [9.17, 15) is 5.26 Å². The standard InChI is InChI=1S/C57H68N7O7PSi/c1-40(2)64(41(3)4)72(69-33-13-30-58)71-52-50(37-68-57(46-14-11-10-12-15-46,47-22-16-42(5)17-23-47)48-24-26-49(65-6)27-25-48)70-56(53(52)67-36-43-18-20-44(21-19-43)45-28-31-59-32-29-45)63-39-62-51-54(63)60-38-61-55(51)66-34-35-73(7,8)9/h10-12,14-29,31-32,38-41,50,52-53,56H,13,33-37H2,1-9H3/t50?,52-,53-,56-,57?,72?/m1/s1. The molecule has 1 aliphatic heterocycles. The molecule has 0 N–H and O–H groups in total. The molecule has 1 saturated heterocycles. The summed E-state index contributed by atoms with van der Waals surface area (Å²) in [5.41, 5.74) is 6.85. The molecule has 0 radical (unpaired) electrons. The average molecular weight is 1020 g/mol. The number of aromatic nitrogens is 5. The van der Waals surface area contributed by atoms with Crippen LogP contribution in [0.15, 0.2) is 140 Å². The monoisotopic (exact) mass is 1020 g/mol. The molecule has 8 rings (SSSR count). The van der Waals surface area contributed by atoms with E-state index in [1.54, 1.807) is 25.8 Å². The fourth-order valence-electron chi connectivity index (χ4n) is 9.12. The molecule has 16 heteroatoms. The van der Waals surface area contributed by atoms with Crippen molar-refractivity contribution in [1.29, 1.82) is 5.26 Å². The van der Waals surface area contributed by atoms with E-state index in [2.05, 4.69) is 148 Å². The van der Waals surface area contributed by atoms with Crippen molar-refractivity contribution in [3.8, 4) is 28.8 Å². The van der Waals surface area contributed by atoms with Crippen molar-refractivity contribution in [3.63, 3.8) is 0 Å². The minimum Gasteiger partial charge on any atom is -0.497 e. The molecule has 0 saturated carbocycles. The highest BCUT2D eigenvalue weighted by Gasteiger charge is 2.52. The van der Waals surface area contributed by atoms with Crippen molar-refractivity contribution in [2.75, 3.05) is 26.9 Å². The van der Waals surface area contributed by atoms with Gasteiger partial charge in [-0.05, 0) is 98.3 Å². The third-order valence-corrected chi connectivity index (χ3v) is 16.7. The SMILES string of the molecule is COc1ccc(C(OCC2O[C@@H](n3cnc4c(OCC[Si](C)(C)C)ncnc43)[C@H](OCc3ccc(-c4ccncc4)cc3)[C@@H]2OP(OCCC#N)N(C(C)C)C(C)C)(c2ccccc2)c2ccc(C)cc2)cc1. The zero-order valence-corrected chi connectivity index (χ0v) is 45.3. The van der Waals surface area contributed by atoms with Gasteiger partial charge in [0.25, 0.3) is 8.53 Å². The number of rotatable bonds is 24. The molecule has 0 aliphatic carbocycles. The van der Waals surface area contributed by atoms with Crippen LogP contribution >= 0.6 is 8.53 Å². The van der Waals surface area contributed by atoms with Crippen molar-refractivity contribution < 1.29 is 32.7 Å². The number of pyridine rings is 1. The van der Waals surface area contributed by atoms with Crippen molar-refractivity contribution in [2.45, 2.75) is 116 Å². The van der Waals surface area contributed by atoms with Crippen LogP contribution in [0.4, 0.5) is 0 Å². The van der Waals surface area contributed by atoms with Gasteiger partial charge in [0.1, 0.15) is 36.0 Å². The van der Waals surface area contributed by atoms with Crippen molar-refractivity contribution in [3.05, 3.63) is 168 Å². The first-order chi connectivity index (χ1) is 35.3. The minimum absolute atomic E-state index is 0.0234. The Hall–Kier alpha value is -5.92. The largest absolute Gasteiger partial charge is 0.497 e. The van der Waals surface area contributed by atoms with Gasteiger partial charge in [0.05, 0.1) is 52.4 Å². The Morgan fingerprint density at radius 3 is 2.10 bits per heavy atom. The third-order valence-electron chi connectivity index (χ3n) is 12.9. The molecule has 7 aromatic rings. The van der Waals surface area contributed by atoms with Crippen LogP contribution in [-0.2, 0) is 35.5 Å². The number of hydrogen-bond donors (Lipinski definition) is 0. The van der Waals surface area contributed by atoms with Gasteiger partial charge in [-0.1, -0.05) is 116 Å². The summed E-state index contributed by atoms with van der Waals surface area (Å²) in [7, 11) is -1.55. The van der Waals surface area contributed by atoms with Crippen LogP contribution in [0, 0.1) is 18.3 Å². The normalized spacial score (nSPS) is 18.3. The van der Waals surface area contributed by atoms with E-state index >= 15 is 0 Å². The molecule has 1 fully saturated rings. The first kappa shape index (κ1) is 53.4. The first-order valence-corrected chi connectivity index (χ1v) is 29.9. The Bertz CT molecular complexity index is 2860. The molecule has 4 heterocycles. The van der Waals surface area contributed by atoms with Crippen LogP contribution in [0.25, 0.3) is 22.3 Å². The zero-order valence-electron chi connectivity index (χ0n) is 43.4. The second-order valence-electron chi connectivity index (χ2n) is 20.0. The molecule has 382 valence electrons. The quantitative estimate of drug-likeness (QED) is 0.0245. The summed E-state index contributed by atoms with van der Waals surface area (Å²) in [5.74, 6) is 1.13. The molecule has 4 aromatic carbocycles. The molecule has 0 amide bonds. The topological polar surface area (TPSA) is 148 Å². The Balaban J connectivity index is 1.26. The summed E-state index contributed by atoms with van der Waals surface area (Å²) in [6.45, 7) is 18.5. The minimum atomic E-state index is -1.81. The van der Waals surface area contributed by atoms with Gasteiger partial charge in [0.2, 0.25) is 5.88 Å². The molecule has 14 nitrogen and oxygen atoms in total. The molecular formula is C57H68N7O7PSi. The summed E-state index contributed by atoms with van der Waals surface area (Å²) in [6.07, 6.45) is 3.81. The summed E-state index contributed by atoms with van der Waals surface area (Å²) in [6, 6.07) is 42.3. The lowest BCUT2D eigenvalue weighted by atomic mass is 9.79. The van der Waals surface area contributed by atoms with Crippen LogP contribution in [0.1, 0.15) is 68.2 Å². The van der Waals surface area contributed by atoms with E-state index in [4.69, 9.17) is 42.7 Å². The van der Waals surface area contributed by atoms with Gasteiger partial charge in [0.15, 0.2) is 17.4 Å². The maximum Gasteiger partial charge on any atom is 0.259 e. The molecular weight excluding hydrogens is 954 g/mol. The Labute approximate surface area is 432 Å². The smallest absolute Gasteiger partial charge is 0.259 e. The molecule has 6 atom stereocenters. The number of nitriles is 1. The van der Waals surface area contributed by atoms with Gasteiger partial charge in [0, 0.05) is 32.6 Å². The lowest BCUT2D eigenvalue weighted by Gasteiger charge is -2.39. The Morgan fingerprint density at radius 1 is 0.795 bits per heavy atom. The number of nitrogens with zero attached hydrogens (tertiary/aromatic N) is 7. The number of hydrogen-bond acceptors (Lipinski definition) is 13. The molecule has 3 unspecified atom stereocenters. The Morgan fingerprint density at radius 2 is 1.45 bits per heavy atom. The fourth-order valence-corrected chi connectivity index (χ4v) is 11.6. The summed E-state index contributed by atoms with van der Waals surface area (Å²) < 4.78 is 52.3. The zero-order chi connectivity index (χ0) is 51.5. The summed E-state index contributed by atoms with van der Waals surface area (Å²) in [4.78, 5) is 18.4. The van der Waals surface area contributed by atoms with E-state index in [1.165, 1.54) is 6.33 Å². The van der Waals surface area contributed by atoms with E-state index in [-0.39, 0.29) is 38.3 Å². The Kier molecular flexibility index (Phi) is 17.8. The van der Waals surface area contributed by atoms with Crippen LogP contribution in [0.3, 0.4) is 0 Å². The number of methoxy groups -OCH3 is 1. The molecule has 1 aliphatic rings. The van der Waals surface area contributed by atoms with Crippen molar-refractivity contribution in [2.24, 2.45) is 0 Å². The van der Waals surface area contributed by atoms with Crippen LogP contribution < -0.4 is 9.47 Å². The second-order valence-corrected chi connectivity index (χ2v) is 27.0. The highest BCUT2D eigenvalue weighted by atomic mass is 31.2. The van der Waals surface area contributed by atoms with Crippen molar-refractivity contribution in [1.82, 2.24) is 29.2 Å². The van der Waals surface area contributed by atoms with Gasteiger partial charge in [-0.3, -0.25) is 9.55 Å². The molecule has 0 spiro atoms. The van der Waals surface area contributed by atoms with Crippen molar-refractivity contribution >= 4 is 27.8 Å². The number of benzene rings is 4. The highest BCUT2D eigenvalue weighted by molar-refractivity contribution is 7.44. The number of ether oxygens (including phenoxy) is 5. The number of fused-ring (bicyclic) bond motifs is 1. The third kappa shape index (κ3) is 12.7. The van der Waals surface area contributed by atoms with Gasteiger partial charge in [-0.2, -0.15) is 10.2 Å². The van der Waals surface area contributed by atoms with E-state index < -0.39 is 46.7 Å². The van der Waals surface area contributed by atoms with Gasteiger partial charge in [-0.25, -0.2) is 14.6 Å².